The number of halogens is 2. The third kappa shape index (κ3) is 7.22. The minimum absolute atomic E-state index is 0.0367. The molecule has 0 unspecified atom stereocenters. The average Bonchev–Trinajstić information content (AvgIpc) is 2.80. The van der Waals surface area contributed by atoms with Gasteiger partial charge in [0.25, 0.3) is 0 Å². The van der Waals surface area contributed by atoms with Crippen LogP contribution in [0.25, 0.3) is 0 Å². The number of hydrogen-bond donors (Lipinski definition) is 0. The van der Waals surface area contributed by atoms with Gasteiger partial charge in [-0.2, -0.15) is 0 Å². The van der Waals surface area contributed by atoms with Crippen molar-refractivity contribution in [3.05, 3.63) is 83.4 Å². The van der Waals surface area contributed by atoms with Crippen LogP contribution in [0.4, 0.5) is 8.78 Å². The Bertz CT molecular complexity index is 818. The molecule has 0 radical (unpaired) electrons. The van der Waals surface area contributed by atoms with Crippen LogP contribution in [-0.2, 0) is 14.3 Å². The van der Waals surface area contributed by atoms with Gasteiger partial charge in [0.15, 0.2) is 0 Å². The highest BCUT2D eigenvalue weighted by molar-refractivity contribution is 5.70. The normalized spacial score (nSPS) is 15.5. The summed E-state index contributed by atoms with van der Waals surface area (Å²) >= 11 is 0. The van der Waals surface area contributed by atoms with Gasteiger partial charge in [0.2, 0.25) is 0 Å². The SMILES string of the molecule is CCOC(=O)COCC=CCN1CCN(C(c2ccc(F)cc2)c2ccc(F)cc2)CC1. The molecule has 1 saturated heterocycles. The lowest BCUT2D eigenvalue weighted by Gasteiger charge is -2.39. The molecule has 5 nitrogen and oxygen atoms in total. The average molecular weight is 445 g/mol. The zero-order chi connectivity index (χ0) is 22.8. The molecule has 1 heterocycles. The molecule has 172 valence electrons. The van der Waals surface area contributed by atoms with E-state index in [9.17, 15) is 13.6 Å². The maximum atomic E-state index is 13.5. The van der Waals surface area contributed by atoms with E-state index in [1.807, 2.05) is 12.2 Å². The van der Waals surface area contributed by atoms with Crippen LogP contribution in [0.3, 0.4) is 0 Å². The van der Waals surface area contributed by atoms with E-state index in [1.54, 1.807) is 31.2 Å². The molecule has 1 aliphatic heterocycles. The largest absolute Gasteiger partial charge is 0.464 e. The fraction of sp³-hybridized carbons (Fsp3) is 0.400. The van der Waals surface area contributed by atoms with Gasteiger partial charge in [-0.1, -0.05) is 36.4 Å². The Morgan fingerprint density at radius 3 is 2.03 bits per heavy atom. The van der Waals surface area contributed by atoms with E-state index in [1.165, 1.54) is 24.3 Å². The van der Waals surface area contributed by atoms with E-state index in [0.29, 0.717) is 13.2 Å². The van der Waals surface area contributed by atoms with Gasteiger partial charge in [-0.15, -0.1) is 0 Å². The van der Waals surface area contributed by atoms with Gasteiger partial charge in [-0.05, 0) is 42.3 Å². The molecular formula is C25H30F2N2O3. The number of ether oxygens (including phenoxy) is 2. The van der Waals surface area contributed by atoms with Crippen LogP contribution in [0.2, 0.25) is 0 Å². The molecule has 32 heavy (non-hydrogen) atoms. The topological polar surface area (TPSA) is 42.0 Å². The first-order valence-corrected chi connectivity index (χ1v) is 10.9. The quantitative estimate of drug-likeness (QED) is 0.317. The number of carbonyl (C=O) groups excluding carboxylic acids is 1. The lowest BCUT2D eigenvalue weighted by molar-refractivity contribution is -0.147. The van der Waals surface area contributed by atoms with E-state index < -0.39 is 0 Å². The molecule has 0 aliphatic carbocycles. The van der Waals surface area contributed by atoms with Crippen LogP contribution < -0.4 is 0 Å². The summed E-state index contributed by atoms with van der Waals surface area (Å²) in [4.78, 5) is 15.9. The number of carbonyl (C=O) groups is 1. The molecular weight excluding hydrogens is 414 g/mol. The standard InChI is InChI=1S/C25H30F2N2O3/c1-2-32-24(30)19-31-18-4-3-13-28-14-16-29(17-15-28)25(20-5-9-22(26)10-6-20)21-7-11-23(27)12-8-21/h3-12,25H,2,13-19H2,1H3. The molecule has 3 rings (SSSR count). The van der Waals surface area contributed by atoms with Crippen molar-refractivity contribution in [1.29, 1.82) is 0 Å². The molecule has 1 aliphatic rings. The van der Waals surface area contributed by atoms with Crippen molar-refractivity contribution in [3.63, 3.8) is 0 Å². The lowest BCUT2D eigenvalue weighted by Crippen LogP contribution is -2.47. The number of nitrogens with zero attached hydrogens (tertiary/aromatic N) is 2. The summed E-state index contributed by atoms with van der Waals surface area (Å²) in [6.45, 7) is 6.70. The first-order chi connectivity index (χ1) is 15.6. The number of rotatable bonds is 10. The summed E-state index contributed by atoms with van der Waals surface area (Å²) in [5.74, 6) is -0.891. The first-order valence-electron chi connectivity index (χ1n) is 10.9. The Kier molecular flexibility index (Phi) is 9.34. The Balaban J connectivity index is 1.53. The highest BCUT2D eigenvalue weighted by Gasteiger charge is 2.26. The second-order valence-corrected chi connectivity index (χ2v) is 7.63. The number of hydrogen-bond acceptors (Lipinski definition) is 5. The molecule has 0 saturated carbocycles. The summed E-state index contributed by atoms with van der Waals surface area (Å²) in [6, 6.07) is 13.0. The first kappa shape index (κ1) is 24.0. The van der Waals surface area contributed by atoms with Gasteiger partial charge >= 0.3 is 5.97 Å². The van der Waals surface area contributed by atoms with E-state index in [0.717, 1.165) is 43.9 Å². The Hall–Kier alpha value is -2.61. The van der Waals surface area contributed by atoms with E-state index in [2.05, 4.69) is 9.80 Å². The minimum atomic E-state index is -0.353. The Morgan fingerprint density at radius 1 is 0.938 bits per heavy atom. The zero-order valence-electron chi connectivity index (χ0n) is 18.4. The molecule has 0 amide bonds. The summed E-state index contributed by atoms with van der Waals surface area (Å²) in [5.41, 5.74) is 1.98. The van der Waals surface area contributed by atoms with Crippen molar-refractivity contribution in [3.8, 4) is 0 Å². The maximum Gasteiger partial charge on any atom is 0.332 e. The smallest absolute Gasteiger partial charge is 0.332 e. The Labute approximate surface area is 188 Å². The van der Waals surface area contributed by atoms with Crippen molar-refractivity contribution >= 4 is 5.97 Å². The predicted octanol–water partition coefficient (Wildman–Crippen LogP) is 3.81. The van der Waals surface area contributed by atoms with E-state index in [-0.39, 0.29) is 30.3 Å². The third-order valence-corrected chi connectivity index (χ3v) is 5.41. The molecule has 0 bridgehead atoms. The molecule has 2 aromatic carbocycles. The van der Waals surface area contributed by atoms with Crippen LogP contribution >= 0.6 is 0 Å². The minimum Gasteiger partial charge on any atom is -0.464 e. The fourth-order valence-corrected chi connectivity index (χ4v) is 3.81. The fourth-order valence-electron chi connectivity index (χ4n) is 3.81. The van der Waals surface area contributed by atoms with Gasteiger partial charge in [0.1, 0.15) is 18.2 Å². The number of benzene rings is 2. The van der Waals surface area contributed by atoms with Gasteiger partial charge in [0.05, 0.1) is 19.3 Å². The molecule has 0 aromatic heterocycles. The summed E-state index contributed by atoms with van der Waals surface area (Å²) in [5, 5.41) is 0. The Morgan fingerprint density at radius 2 is 1.50 bits per heavy atom. The van der Waals surface area contributed by atoms with Crippen molar-refractivity contribution < 1.29 is 23.0 Å². The van der Waals surface area contributed by atoms with Gasteiger partial charge in [0, 0.05) is 32.7 Å². The second kappa shape index (κ2) is 12.4. The maximum absolute atomic E-state index is 13.5. The lowest BCUT2D eigenvalue weighted by atomic mass is 9.96. The van der Waals surface area contributed by atoms with Gasteiger partial charge in [-0.3, -0.25) is 9.80 Å². The van der Waals surface area contributed by atoms with Crippen LogP contribution in [-0.4, -0.2) is 68.3 Å². The van der Waals surface area contributed by atoms with Crippen LogP contribution in [0, 0.1) is 11.6 Å². The molecule has 0 N–H and O–H groups in total. The molecule has 1 fully saturated rings. The summed E-state index contributed by atoms with van der Waals surface area (Å²) in [7, 11) is 0. The molecule has 7 heteroatoms. The van der Waals surface area contributed by atoms with Crippen LogP contribution in [0.15, 0.2) is 60.7 Å². The molecule has 0 spiro atoms. The molecule has 0 atom stereocenters. The van der Waals surface area contributed by atoms with Crippen LogP contribution in [0.5, 0.6) is 0 Å². The van der Waals surface area contributed by atoms with Crippen molar-refractivity contribution in [2.45, 2.75) is 13.0 Å². The van der Waals surface area contributed by atoms with Crippen LogP contribution in [0.1, 0.15) is 24.1 Å². The van der Waals surface area contributed by atoms with Gasteiger partial charge < -0.3 is 9.47 Å². The van der Waals surface area contributed by atoms with Crippen molar-refractivity contribution in [2.24, 2.45) is 0 Å². The zero-order valence-corrected chi connectivity index (χ0v) is 18.4. The predicted molar refractivity (Wildman–Crippen MR) is 119 cm³/mol. The number of piperazine rings is 1. The second-order valence-electron chi connectivity index (χ2n) is 7.63. The molecule has 2 aromatic rings. The summed E-state index contributed by atoms with van der Waals surface area (Å²) < 4.78 is 37.0. The van der Waals surface area contributed by atoms with E-state index >= 15 is 0 Å². The van der Waals surface area contributed by atoms with Gasteiger partial charge in [-0.25, -0.2) is 13.6 Å². The highest BCUT2D eigenvalue weighted by atomic mass is 19.1. The number of esters is 1. The monoisotopic (exact) mass is 444 g/mol. The van der Waals surface area contributed by atoms with Crippen molar-refractivity contribution in [2.75, 3.05) is 52.5 Å². The van der Waals surface area contributed by atoms with Crippen molar-refractivity contribution in [1.82, 2.24) is 9.80 Å². The highest BCUT2D eigenvalue weighted by Crippen LogP contribution is 2.30. The third-order valence-electron chi connectivity index (χ3n) is 5.41. The van der Waals surface area contributed by atoms with E-state index in [4.69, 9.17) is 9.47 Å². The summed E-state index contributed by atoms with van der Waals surface area (Å²) in [6.07, 6.45) is 3.95.